The highest BCUT2D eigenvalue weighted by Crippen LogP contribution is 2.19. The molecule has 0 radical (unpaired) electrons. The second-order valence-corrected chi connectivity index (χ2v) is 5.37. The number of carbonyl (C=O) groups excluding carboxylic acids is 1. The van der Waals surface area contributed by atoms with Crippen molar-refractivity contribution in [2.75, 3.05) is 32.9 Å². The zero-order valence-corrected chi connectivity index (χ0v) is 12.9. The van der Waals surface area contributed by atoms with Crippen LogP contribution in [0.25, 0.3) is 0 Å². The van der Waals surface area contributed by atoms with Crippen molar-refractivity contribution in [1.82, 2.24) is 9.80 Å². The van der Waals surface area contributed by atoms with Crippen LogP contribution in [-0.2, 0) is 0 Å². The maximum atomic E-state index is 13.7. The van der Waals surface area contributed by atoms with E-state index in [0.29, 0.717) is 23.4 Å². The molecular weight excluding hydrogens is 257 g/mol. The number of anilines is 1. The van der Waals surface area contributed by atoms with Crippen LogP contribution in [0.1, 0.15) is 29.8 Å². The van der Waals surface area contributed by atoms with E-state index in [0.717, 1.165) is 6.54 Å². The fraction of sp³-hybridized carbons (Fsp3) is 0.533. The summed E-state index contributed by atoms with van der Waals surface area (Å²) < 4.78 is 13.7. The Kier molecular flexibility index (Phi) is 5.51. The molecule has 0 spiro atoms. The van der Waals surface area contributed by atoms with Crippen molar-refractivity contribution in [1.29, 1.82) is 0 Å². The van der Waals surface area contributed by atoms with Gasteiger partial charge in [0.1, 0.15) is 5.82 Å². The number of nitrogen functional groups attached to an aromatic ring is 1. The fourth-order valence-corrected chi connectivity index (χ4v) is 2.27. The first-order chi connectivity index (χ1) is 9.27. The van der Waals surface area contributed by atoms with Gasteiger partial charge in [-0.2, -0.15) is 0 Å². The van der Waals surface area contributed by atoms with Crippen LogP contribution in [0.3, 0.4) is 0 Å². The Morgan fingerprint density at radius 2 is 2.00 bits per heavy atom. The van der Waals surface area contributed by atoms with Crippen LogP contribution in [0, 0.1) is 12.7 Å². The standard InChI is InChI=1S/C15H24FN3O/c1-6-19(10(2)9-18(4)5)15(20)12-7-13(16)11(3)14(17)8-12/h7-8,10H,6,9,17H2,1-5H3. The quantitative estimate of drug-likeness (QED) is 0.841. The van der Waals surface area contributed by atoms with E-state index in [1.54, 1.807) is 17.9 Å². The first-order valence-electron chi connectivity index (χ1n) is 6.79. The summed E-state index contributed by atoms with van der Waals surface area (Å²) in [7, 11) is 3.91. The Labute approximate surface area is 120 Å². The average Bonchev–Trinajstić information content (AvgIpc) is 2.35. The van der Waals surface area contributed by atoms with E-state index in [2.05, 4.69) is 0 Å². The molecule has 5 heteroatoms. The van der Waals surface area contributed by atoms with E-state index in [9.17, 15) is 9.18 Å². The van der Waals surface area contributed by atoms with Gasteiger partial charge in [-0.3, -0.25) is 4.79 Å². The molecule has 0 saturated carbocycles. The number of rotatable bonds is 5. The van der Waals surface area contributed by atoms with Crippen LogP contribution in [0.5, 0.6) is 0 Å². The lowest BCUT2D eigenvalue weighted by atomic mass is 10.1. The van der Waals surface area contributed by atoms with Crippen LogP contribution in [0.15, 0.2) is 12.1 Å². The van der Waals surface area contributed by atoms with Gasteiger partial charge in [-0.1, -0.05) is 0 Å². The largest absolute Gasteiger partial charge is 0.398 e. The Morgan fingerprint density at radius 1 is 1.40 bits per heavy atom. The number of hydrogen-bond donors (Lipinski definition) is 1. The van der Waals surface area contributed by atoms with Crippen molar-refractivity contribution >= 4 is 11.6 Å². The van der Waals surface area contributed by atoms with E-state index in [1.165, 1.54) is 6.07 Å². The van der Waals surface area contributed by atoms with Crippen molar-refractivity contribution < 1.29 is 9.18 Å². The molecule has 1 rings (SSSR count). The second kappa shape index (κ2) is 6.70. The molecule has 0 aliphatic carbocycles. The normalized spacial score (nSPS) is 12.6. The molecule has 0 aromatic heterocycles. The van der Waals surface area contributed by atoms with Gasteiger partial charge in [0.2, 0.25) is 0 Å². The maximum absolute atomic E-state index is 13.7. The monoisotopic (exact) mass is 281 g/mol. The minimum absolute atomic E-state index is 0.0492. The summed E-state index contributed by atoms with van der Waals surface area (Å²) in [6, 6.07) is 2.86. The maximum Gasteiger partial charge on any atom is 0.254 e. The average molecular weight is 281 g/mol. The second-order valence-electron chi connectivity index (χ2n) is 5.37. The van der Waals surface area contributed by atoms with Gasteiger partial charge >= 0.3 is 0 Å². The molecule has 20 heavy (non-hydrogen) atoms. The van der Waals surface area contributed by atoms with E-state index < -0.39 is 5.82 Å². The van der Waals surface area contributed by atoms with Gasteiger partial charge in [0.15, 0.2) is 0 Å². The summed E-state index contributed by atoms with van der Waals surface area (Å²) in [5, 5.41) is 0. The van der Waals surface area contributed by atoms with Crippen molar-refractivity contribution in [3.63, 3.8) is 0 Å². The first kappa shape index (κ1) is 16.4. The minimum atomic E-state index is -0.440. The molecule has 2 N–H and O–H groups in total. The number of nitrogens with zero attached hydrogens (tertiary/aromatic N) is 2. The molecule has 0 aliphatic heterocycles. The van der Waals surface area contributed by atoms with Gasteiger partial charge in [-0.25, -0.2) is 4.39 Å². The highest BCUT2D eigenvalue weighted by Gasteiger charge is 2.21. The third kappa shape index (κ3) is 3.70. The van der Waals surface area contributed by atoms with Gasteiger partial charge in [0.25, 0.3) is 5.91 Å². The van der Waals surface area contributed by atoms with E-state index >= 15 is 0 Å². The number of carbonyl (C=O) groups is 1. The molecule has 112 valence electrons. The molecule has 1 aromatic carbocycles. The molecule has 0 saturated heterocycles. The summed E-state index contributed by atoms with van der Waals surface area (Å²) in [6.07, 6.45) is 0. The molecule has 0 fully saturated rings. The van der Waals surface area contributed by atoms with Gasteiger partial charge in [-0.15, -0.1) is 0 Å². The molecule has 0 heterocycles. The third-order valence-corrected chi connectivity index (χ3v) is 3.39. The van der Waals surface area contributed by atoms with Crippen LogP contribution >= 0.6 is 0 Å². The van der Waals surface area contributed by atoms with Gasteiger partial charge in [0.05, 0.1) is 0 Å². The topological polar surface area (TPSA) is 49.6 Å². The lowest BCUT2D eigenvalue weighted by Crippen LogP contribution is -2.43. The Hall–Kier alpha value is -1.62. The SMILES string of the molecule is CCN(C(=O)c1cc(N)c(C)c(F)c1)C(C)CN(C)C. The zero-order valence-electron chi connectivity index (χ0n) is 12.9. The highest BCUT2D eigenvalue weighted by atomic mass is 19.1. The molecular formula is C15H24FN3O. The van der Waals surface area contributed by atoms with Crippen molar-refractivity contribution in [3.8, 4) is 0 Å². The number of benzene rings is 1. The Bertz CT molecular complexity index is 465. The van der Waals surface area contributed by atoms with Crippen LogP contribution in [0.4, 0.5) is 10.1 Å². The van der Waals surface area contributed by atoms with E-state index in [-0.39, 0.29) is 11.9 Å². The molecule has 1 amide bonds. The first-order valence-corrected chi connectivity index (χ1v) is 6.79. The summed E-state index contributed by atoms with van der Waals surface area (Å²) in [5.41, 5.74) is 6.73. The lowest BCUT2D eigenvalue weighted by molar-refractivity contribution is 0.0678. The predicted octanol–water partition coefficient (Wildman–Crippen LogP) is 2.13. The molecule has 4 nitrogen and oxygen atoms in total. The number of amides is 1. The number of likely N-dealkylation sites (N-methyl/N-ethyl adjacent to an activating group) is 2. The zero-order chi connectivity index (χ0) is 15.4. The summed E-state index contributed by atoms with van der Waals surface area (Å²) >= 11 is 0. The fourth-order valence-electron chi connectivity index (χ4n) is 2.27. The molecule has 1 atom stereocenters. The van der Waals surface area contributed by atoms with Crippen LogP contribution in [0.2, 0.25) is 0 Å². The summed E-state index contributed by atoms with van der Waals surface area (Å²) in [4.78, 5) is 16.2. The number of hydrogen-bond acceptors (Lipinski definition) is 3. The smallest absolute Gasteiger partial charge is 0.254 e. The van der Waals surface area contributed by atoms with Gasteiger partial charge < -0.3 is 15.5 Å². The van der Waals surface area contributed by atoms with Gasteiger partial charge in [-0.05, 0) is 47.0 Å². The van der Waals surface area contributed by atoms with Gasteiger partial charge in [0, 0.05) is 35.9 Å². The lowest BCUT2D eigenvalue weighted by Gasteiger charge is -2.30. The number of halogens is 1. The minimum Gasteiger partial charge on any atom is -0.398 e. The Morgan fingerprint density at radius 3 is 2.45 bits per heavy atom. The highest BCUT2D eigenvalue weighted by molar-refractivity contribution is 5.95. The molecule has 0 bridgehead atoms. The Balaban J connectivity index is 3.02. The van der Waals surface area contributed by atoms with Crippen LogP contribution in [-0.4, -0.2) is 48.9 Å². The van der Waals surface area contributed by atoms with Crippen molar-refractivity contribution in [2.45, 2.75) is 26.8 Å². The molecule has 1 unspecified atom stereocenters. The third-order valence-electron chi connectivity index (χ3n) is 3.39. The van der Waals surface area contributed by atoms with E-state index in [1.807, 2.05) is 32.8 Å². The molecule has 0 aliphatic rings. The summed E-state index contributed by atoms with van der Waals surface area (Å²) in [5.74, 6) is -0.628. The van der Waals surface area contributed by atoms with Crippen molar-refractivity contribution in [3.05, 3.63) is 29.1 Å². The molecule has 1 aromatic rings. The van der Waals surface area contributed by atoms with E-state index in [4.69, 9.17) is 5.73 Å². The summed E-state index contributed by atoms with van der Waals surface area (Å²) in [6.45, 7) is 6.82. The number of nitrogens with two attached hydrogens (primary N) is 1. The van der Waals surface area contributed by atoms with Crippen molar-refractivity contribution in [2.24, 2.45) is 0 Å². The predicted molar refractivity (Wildman–Crippen MR) is 80.3 cm³/mol. The van der Waals surface area contributed by atoms with Crippen LogP contribution < -0.4 is 5.73 Å².